The van der Waals surface area contributed by atoms with E-state index >= 15 is 0 Å². The van der Waals surface area contributed by atoms with Crippen LogP contribution in [-0.4, -0.2) is 11.2 Å². The summed E-state index contributed by atoms with van der Waals surface area (Å²) in [5.74, 6) is 0.420. The molecule has 5 aromatic carbocycles. The minimum atomic E-state index is -0.431. The van der Waals surface area contributed by atoms with Crippen molar-refractivity contribution < 1.29 is 19.6 Å². The fourth-order valence-corrected chi connectivity index (χ4v) is 3.81. The van der Waals surface area contributed by atoms with Crippen LogP contribution >= 0.6 is 0 Å². The summed E-state index contributed by atoms with van der Waals surface area (Å²) in [6.45, 7) is 1.36. The van der Waals surface area contributed by atoms with Crippen LogP contribution in [0.25, 0.3) is 32.3 Å². The molecule has 5 rings (SSSR count). The average molecular weight is 383 g/mol. The zero-order valence-corrected chi connectivity index (χ0v) is 15.6. The summed E-state index contributed by atoms with van der Waals surface area (Å²) in [5, 5.41) is 17.1. The van der Waals surface area contributed by atoms with Gasteiger partial charge in [0.15, 0.2) is 5.75 Å². The van der Waals surface area contributed by atoms with Crippen molar-refractivity contribution in [1.29, 1.82) is 0 Å². The summed E-state index contributed by atoms with van der Waals surface area (Å²) in [4.78, 5) is 17.3. The largest absolute Gasteiger partial charge is 0.426 e. The Balaban J connectivity index is 1.79. The fourth-order valence-electron chi connectivity index (χ4n) is 3.81. The van der Waals surface area contributed by atoms with Crippen LogP contribution in [0.3, 0.4) is 0 Å². The van der Waals surface area contributed by atoms with Crippen molar-refractivity contribution in [3.8, 4) is 11.5 Å². The molecule has 0 unspecified atom stereocenters. The maximum atomic E-state index is 11.7. The highest BCUT2D eigenvalue weighted by atomic mass is 16.9. The number of anilines is 1. The topological polar surface area (TPSA) is 59.0 Å². The Morgan fingerprint density at radius 1 is 0.828 bits per heavy atom. The molecule has 0 atom stereocenters. The molecule has 0 fully saturated rings. The third kappa shape index (κ3) is 2.88. The molecule has 0 aliphatic heterocycles. The second kappa shape index (κ2) is 6.65. The lowest BCUT2D eigenvalue weighted by molar-refractivity contribution is -0.131. The van der Waals surface area contributed by atoms with Crippen LogP contribution in [0.1, 0.15) is 6.92 Å². The number of para-hydroxylation sites is 1. The summed E-state index contributed by atoms with van der Waals surface area (Å²) in [5.41, 5.74) is 0.385. The molecule has 0 radical (unpaired) electrons. The predicted octanol–water partition coefficient (Wildman–Crippen LogP) is 5.70. The highest BCUT2D eigenvalue weighted by molar-refractivity contribution is 6.26. The summed E-state index contributed by atoms with van der Waals surface area (Å²) in [6.07, 6.45) is 0. The van der Waals surface area contributed by atoms with E-state index in [0.29, 0.717) is 22.4 Å². The van der Waals surface area contributed by atoms with Gasteiger partial charge in [0.05, 0.1) is 0 Å². The quantitative estimate of drug-likeness (QED) is 0.187. The number of hydrogen-bond donors (Lipinski definition) is 1. The van der Waals surface area contributed by atoms with Gasteiger partial charge in [-0.2, -0.15) is 0 Å². The Hall–Kier alpha value is -3.83. The third-order valence-corrected chi connectivity index (χ3v) is 4.98. The molecule has 0 bridgehead atoms. The van der Waals surface area contributed by atoms with Crippen molar-refractivity contribution in [3.63, 3.8) is 0 Å². The number of carbonyl (C=O) groups is 1. The van der Waals surface area contributed by atoms with Gasteiger partial charge in [-0.1, -0.05) is 59.8 Å². The monoisotopic (exact) mass is 383 g/mol. The molecular weight excluding hydrogens is 366 g/mol. The highest BCUT2D eigenvalue weighted by Gasteiger charge is 2.20. The number of ether oxygens (including phenoxy) is 1. The molecule has 0 heterocycles. The van der Waals surface area contributed by atoms with Crippen LogP contribution in [0.2, 0.25) is 0 Å². The van der Waals surface area contributed by atoms with Crippen molar-refractivity contribution >= 4 is 44.0 Å². The van der Waals surface area contributed by atoms with Crippen LogP contribution in [0.15, 0.2) is 78.9 Å². The van der Waals surface area contributed by atoms with Crippen molar-refractivity contribution in [2.24, 2.45) is 0 Å². The maximum Gasteiger partial charge on any atom is 0.308 e. The first-order valence-electron chi connectivity index (χ1n) is 9.23. The Bertz CT molecular complexity index is 1330. The number of benzene rings is 5. The van der Waals surface area contributed by atoms with E-state index in [1.807, 2.05) is 60.7 Å². The number of hydrogen-bond acceptors (Lipinski definition) is 5. The first-order chi connectivity index (χ1) is 14.1. The molecule has 0 saturated carbocycles. The van der Waals surface area contributed by atoms with Gasteiger partial charge < -0.3 is 9.57 Å². The summed E-state index contributed by atoms with van der Waals surface area (Å²) < 4.78 is 5.48. The van der Waals surface area contributed by atoms with E-state index in [1.165, 1.54) is 6.92 Å². The van der Waals surface area contributed by atoms with Crippen molar-refractivity contribution in [2.75, 3.05) is 5.23 Å². The molecule has 0 aromatic heterocycles. The molecule has 0 aliphatic carbocycles. The van der Waals surface area contributed by atoms with Gasteiger partial charge in [0.2, 0.25) is 0 Å². The molecule has 29 heavy (non-hydrogen) atoms. The van der Waals surface area contributed by atoms with Crippen molar-refractivity contribution in [1.82, 2.24) is 0 Å². The Kier molecular flexibility index (Phi) is 3.96. The maximum absolute atomic E-state index is 11.7. The van der Waals surface area contributed by atoms with E-state index in [1.54, 1.807) is 18.2 Å². The third-order valence-electron chi connectivity index (χ3n) is 4.98. The lowest BCUT2D eigenvalue weighted by atomic mass is 9.93. The minimum absolute atomic E-state index is 0.369. The molecule has 142 valence electrons. The summed E-state index contributed by atoms with van der Waals surface area (Å²) >= 11 is 0. The van der Waals surface area contributed by atoms with Gasteiger partial charge in [-0.05, 0) is 34.4 Å². The smallest absolute Gasteiger partial charge is 0.308 e. The zero-order chi connectivity index (χ0) is 20.0. The fraction of sp³-hybridized carbons (Fsp3) is 0.0417. The lowest BCUT2D eigenvalue weighted by Crippen LogP contribution is -2.23. The summed E-state index contributed by atoms with van der Waals surface area (Å²) in [7, 11) is 0. The second-order valence-electron chi connectivity index (χ2n) is 6.85. The summed E-state index contributed by atoms with van der Waals surface area (Å²) in [6, 6.07) is 24.6. The molecule has 5 aromatic rings. The zero-order valence-electron chi connectivity index (χ0n) is 15.6. The van der Waals surface area contributed by atoms with Crippen LogP contribution < -0.4 is 14.8 Å². The van der Waals surface area contributed by atoms with Crippen LogP contribution in [0.4, 0.5) is 5.69 Å². The van der Waals surface area contributed by atoms with Gasteiger partial charge in [0, 0.05) is 29.1 Å². The van der Waals surface area contributed by atoms with Gasteiger partial charge in [-0.15, -0.1) is 0 Å². The molecule has 0 amide bonds. The standard InChI is InChI=1S/C24H17NO4/c1-15(26)28-22-14-21(25(27)29-18-8-3-2-4-9-18)19-12-10-16-6-5-7-17-11-13-20(22)24(19)23(16)17/h2-14,27H,1H3. The molecule has 0 spiro atoms. The van der Waals surface area contributed by atoms with E-state index < -0.39 is 5.97 Å². The Labute approximate surface area is 166 Å². The molecule has 0 aliphatic rings. The first-order valence-corrected chi connectivity index (χ1v) is 9.23. The minimum Gasteiger partial charge on any atom is -0.426 e. The number of carbonyl (C=O) groups excluding carboxylic acids is 1. The normalized spacial score (nSPS) is 11.2. The molecule has 0 saturated heterocycles. The predicted molar refractivity (Wildman–Crippen MR) is 113 cm³/mol. The van der Waals surface area contributed by atoms with Crippen LogP contribution in [0.5, 0.6) is 11.5 Å². The van der Waals surface area contributed by atoms with Crippen molar-refractivity contribution in [3.05, 3.63) is 78.9 Å². The average Bonchev–Trinajstić information content (AvgIpc) is 2.73. The van der Waals surface area contributed by atoms with Gasteiger partial charge in [-0.25, -0.2) is 0 Å². The number of rotatable bonds is 4. The number of esters is 1. The molecule has 5 nitrogen and oxygen atoms in total. The van der Waals surface area contributed by atoms with E-state index in [4.69, 9.17) is 9.57 Å². The van der Waals surface area contributed by atoms with Crippen LogP contribution in [0, 0.1) is 0 Å². The van der Waals surface area contributed by atoms with E-state index in [2.05, 4.69) is 0 Å². The van der Waals surface area contributed by atoms with E-state index in [-0.39, 0.29) is 0 Å². The molecule has 5 heteroatoms. The van der Waals surface area contributed by atoms with E-state index in [9.17, 15) is 10.0 Å². The number of nitrogens with zero attached hydrogens (tertiary/aromatic N) is 1. The van der Waals surface area contributed by atoms with Crippen molar-refractivity contribution in [2.45, 2.75) is 6.92 Å². The van der Waals surface area contributed by atoms with Gasteiger partial charge in [-0.3, -0.25) is 10.0 Å². The Morgan fingerprint density at radius 3 is 2.21 bits per heavy atom. The van der Waals surface area contributed by atoms with Gasteiger partial charge >= 0.3 is 5.97 Å². The van der Waals surface area contributed by atoms with E-state index in [0.717, 1.165) is 32.3 Å². The van der Waals surface area contributed by atoms with Gasteiger partial charge in [0.1, 0.15) is 11.4 Å². The first kappa shape index (κ1) is 17.3. The molecule has 1 N–H and O–H groups in total. The van der Waals surface area contributed by atoms with Gasteiger partial charge in [0.25, 0.3) is 0 Å². The highest BCUT2D eigenvalue weighted by Crippen LogP contribution is 2.43. The van der Waals surface area contributed by atoms with Crippen LogP contribution in [-0.2, 0) is 4.79 Å². The second-order valence-corrected chi connectivity index (χ2v) is 6.85. The SMILES string of the molecule is CC(=O)Oc1cc(N(O)Oc2ccccc2)c2ccc3cccc4ccc1c2c43. The lowest BCUT2D eigenvalue weighted by Gasteiger charge is -2.22. The Morgan fingerprint density at radius 2 is 1.52 bits per heavy atom. The molecular formula is C24H17NO4.